The van der Waals surface area contributed by atoms with Crippen LogP contribution in [0.2, 0.25) is 0 Å². The monoisotopic (exact) mass is 208 g/mol. The highest BCUT2D eigenvalue weighted by atomic mass is 16.5. The predicted octanol–water partition coefficient (Wildman–Crippen LogP) is 2.93. The molecule has 0 saturated heterocycles. The highest BCUT2D eigenvalue weighted by molar-refractivity contribution is 5.74. The maximum atomic E-state index is 11.9. The summed E-state index contributed by atoms with van der Waals surface area (Å²) in [7, 11) is 1.51. The summed E-state index contributed by atoms with van der Waals surface area (Å²) < 4.78 is 4.97. The first kappa shape index (κ1) is 10.7. The van der Waals surface area contributed by atoms with E-state index in [0.717, 1.165) is 6.42 Å². The Morgan fingerprint density at radius 1 is 1.40 bits per heavy atom. The number of allylic oxidation sites excluding steroid dienone is 2. The smallest absolute Gasteiger partial charge is 0.309 e. The molecule has 84 valence electrons. The third kappa shape index (κ3) is 1.70. The van der Waals surface area contributed by atoms with Crippen molar-refractivity contribution in [2.24, 2.45) is 17.3 Å². The zero-order chi connectivity index (χ0) is 10.9. The van der Waals surface area contributed by atoms with E-state index in [-0.39, 0.29) is 17.3 Å². The van der Waals surface area contributed by atoms with Crippen molar-refractivity contribution in [2.75, 3.05) is 7.11 Å². The minimum Gasteiger partial charge on any atom is -0.469 e. The maximum absolute atomic E-state index is 11.9. The van der Waals surface area contributed by atoms with Gasteiger partial charge in [0.1, 0.15) is 0 Å². The van der Waals surface area contributed by atoms with Crippen molar-refractivity contribution in [2.45, 2.75) is 39.0 Å². The minimum atomic E-state index is -0.00579. The first-order chi connectivity index (χ1) is 7.19. The standard InChI is InChI=1S/C13H20O2/c1-10-6-5-9-13(7-3-4-8-13)11(10)12(14)15-2/h5-6,10-11H,3-4,7-9H2,1-2H3. The van der Waals surface area contributed by atoms with Crippen LogP contribution in [0.4, 0.5) is 0 Å². The molecule has 2 nitrogen and oxygen atoms in total. The normalized spacial score (nSPS) is 33.2. The van der Waals surface area contributed by atoms with E-state index in [1.165, 1.54) is 32.8 Å². The maximum Gasteiger partial charge on any atom is 0.309 e. The topological polar surface area (TPSA) is 26.3 Å². The van der Waals surface area contributed by atoms with Crippen molar-refractivity contribution in [3.63, 3.8) is 0 Å². The number of rotatable bonds is 1. The first-order valence-electron chi connectivity index (χ1n) is 5.94. The number of hydrogen-bond donors (Lipinski definition) is 0. The fraction of sp³-hybridized carbons (Fsp3) is 0.769. The van der Waals surface area contributed by atoms with Crippen LogP contribution in [0.5, 0.6) is 0 Å². The highest BCUT2D eigenvalue weighted by Crippen LogP contribution is 2.52. The lowest BCUT2D eigenvalue weighted by Gasteiger charge is -2.40. The van der Waals surface area contributed by atoms with Gasteiger partial charge >= 0.3 is 5.97 Å². The first-order valence-corrected chi connectivity index (χ1v) is 5.94. The van der Waals surface area contributed by atoms with Crippen molar-refractivity contribution in [1.82, 2.24) is 0 Å². The van der Waals surface area contributed by atoms with Gasteiger partial charge in [-0.05, 0) is 30.6 Å². The van der Waals surface area contributed by atoms with Crippen LogP contribution in [0.3, 0.4) is 0 Å². The Balaban J connectivity index is 2.28. The molecule has 0 bridgehead atoms. The van der Waals surface area contributed by atoms with Crippen LogP contribution in [-0.2, 0) is 9.53 Å². The molecule has 0 heterocycles. The molecule has 0 N–H and O–H groups in total. The van der Waals surface area contributed by atoms with Crippen LogP contribution >= 0.6 is 0 Å². The van der Waals surface area contributed by atoms with Crippen LogP contribution in [0.15, 0.2) is 12.2 Å². The molecule has 15 heavy (non-hydrogen) atoms. The third-order valence-electron chi connectivity index (χ3n) is 4.20. The average molecular weight is 208 g/mol. The van der Waals surface area contributed by atoms with E-state index >= 15 is 0 Å². The summed E-state index contributed by atoms with van der Waals surface area (Å²) in [6.45, 7) is 2.14. The van der Waals surface area contributed by atoms with Gasteiger partial charge in [-0.2, -0.15) is 0 Å². The summed E-state index contributed by atoms with van der Waals surface area (Å²) in [5, 5.41) is 0. The molecule has 0 radical (unpaired) electrons. The second-order valence-corrected chi connectivity index (χ2v) is 5.06. The van der Waals surface area contributed by atoms with Gasteiger partial charge in [0.05, 0.1) is 13.0 Å². The molecule has 2 aliphatic carbocycles. The third-order valence-corrected chi connectivity index (χ3v) is 4.20. The lowest BCUT2D eigenvalue weighted by atomic mass is 9.64. The molecule has 0 amide bonds. The van der Waals surface area contributed by atoms with Gasteiger partial charge < -0.3 is 4.74 Å². The Bertz CT molecular complexity index is 274. The Labute approximate surface area is 91.7 Å². The molecule has 0 aliphatic heterocycles. The highest BCUT2D eigenvalue weighted by Gasteiger charge is 2.48. The number of esters is 1. The van der Waals surface area contributed by atoms with Crippen molar-refractivity contribution in [1.29, 1.82) is 0 Å². The van der Waals surface area contributed by atoms with Gasteiger partial charge in [-0.3, -0.25) is 4.79 Å². The lowest BCUT2D eigenvalue weighted by molar-refractivity contribution is -0.152. The molecule has 2 aliphatic rings. The molecular weight excluding hydrogens is 188 g/mol. The van der Waals surface area contributed by atoms with Crippen molar-refractivity contribution in [3.05, 3.63) is 12.2 Å². The molecule has 1 fully saturated rings. The van der Waals surface area contributed by atoms with E-state index in [1.807, 2.05) is 0 Å². The molecule has 2 heteroatoms. The number of hydrogen-bond acceptors (Lipinski definition) is 2. The molecule has 0 aromatic rings. The second-order valence-electron chi connectivity index (χ2n) is 5.06. The zero-order valence-electron chi connectivity index (χ0n) is 9.66. The van der Waals surface area contributed by atoms with E-state index in [0.29, 0.717) is 5.92 Å². The predicted molar refractivity (Wildman–Crippen MR) is 59.3 cm³/mol. The fourth-order valence-corrected chi connectivity index (χ4v) is 3.50. The van der Waals surface area contributed by atoms with E-state index in [9.17, 15) is 4.79 Å². The summed E-state index contributed by atoms with van der Waals surface area (Å²) in [5.41, 5.74) is 0.223. The van der Waals surface area contributed by atoms with Gasteiger partial charge in [0.25, 0.3) is 0 Å². The van der Waals surface area contributed by atoms with Crippen molar-refractivity contribution >= 4 is 5.97 Å². The minimum absolute atomic E-state index is 0.00579. The van der Waals surface area contributed by atoms with Gasteiger partial charge in [0, 0.05) is 0 Å². The quantitative estimate of drug-likeness (QED) is 0.489. The summed E-state index contributed by atoms with van der Waals surface area (Å²) in [4.78, 5) is 11.9. The van der Waals surface area contributed by atoms with Gasteiger partial charge in [0.15, 0.2) is 0 Å². The largest absolute Gasteiger partial charge is 0.469 e. The number of carbonyl (C=O) groups excluding carboxylic acids is 1. The SMILES string of the molecule is COC(=O)C1C(C)C=CCC12CCCC2. The molecule has 2 atom stereocenters. The van der Waals surface area contributed by atoms with Gasteiger partial charge in [-0.1, -0.05) is 31.9 Å². The van der Waals surface area contributed by atoms with Gasteiger partial charge in [0.2, 0.25) is 0 Å². The summed E-state index contributed by atoms with van der Waals surface area (Å²) in [5.74, 6) is 0.424. The van der Waals surface area contributed by atoms with Crippen molar-refractivity contribution < 1.29 is 9.53 Å². The van der Waals surface area contributed by atoms with Crippen LogP contribution < -0.4 is 0 Å². The summed E-state index contributed by atoms with van der Waals surface area (Å²) >= 11 is 0. The Morgan fingerprint density at radius 2 is 2.07 bits per heavy atom. The van der Waals surface area contributed by atoms with E-state index in [2.05, 4.69) is 19.1 Å². The van der Waals surface area contributed by atoms with Crippen LogP contribution in [0, 0.1) is 17.3 Å². The Kier molecular flexibility index (Phi) is 2.85. The van der Waals surface area contributed by atoms with Crippen LogP contribution in [-0.4, -0.2) is 13.1 Å². The molecule has 2 rings (SSSR count). The fourth-order valence-electron chi connectivity index (χ4n) is 3.50. The molecule has 0 aromatic carbocycles. The number of methoxy groups -OCH3 is 1. The van der Waals surface area contributed by atoms with Gasteiger partial charge in [-0.25, -0.2) is 0 Å². The molecule has 0 aromatic heterocycles. The van der Waals surface area contributed by atoms with Crippen LogP contribution in [0.1, 0.15) is 39.0 Å². The molecular formula is C13H20O2. The summed E-state index contributed by atoms with van der Waals surface area (Å²) in [6.07, 6.45) is 10.4. The van der Waals surface area contributed by atoms with E-state index in [1.54, 1.807) is 0 Å². The van der Waals surface area contributed by atoms with Crippen LogP contribution in [0.25, 0.3) is 0 Å². The summed E-state index contributed by atoms with van der Waals surface area (Å²) in [6, 6.07) is 0. The Hall–Kier alpha value is -0.790. The average Bonchev–Trinajstić information content (AvgIpc) is 2.66. The Morgan fingerprint density at radius 3 is 2.67 bits per heavy atom. The zero-order valence-corrected chi connectivity index (χ0v) is 9.66. The molecule has 1 spiro atoms. The number of ether oxygens (including phenoxy) is 1. The second kappa shape index (κ2) is 3.99. The van der Waals surface area contributed by atoms with Crippen molar-refractivity contribution in [3.8, 4) is 0 Å². The lowest BCUT2D eigenvalue weighted by Crippen LogP contribution is -2.40. The molecule has 2 unspecified atom stereocenters. The van der Waals surface area contributed by atoms with E-state index < -0.39 is 0 Å². The number of carbonyl (C=O) groups is 1. The van der Waals surface area contributed by atoms with E-state index in [4.69, 9.17) is 4.74 Å². The molecule has 1 saturated carbocycles. The van der Waals surface area contributed by atoms with Gasteiger partial charge in [-0.15, -0.1) is 0 Å².